The summed E-state index contributed by atoms with van der Waals surface area (Å²) in [5.74, 6) is 0.415. The summed E-state index contributed by atoms with van der Waals surface area (Å²) in [6, 6.07) is 16.9. The molecule has 0 aliphatic rings. The fourth-order valence-electron chi connectivity index (χ4n) is 3.17. The molecule has 142 valence electrons. The molecule has 0 fully saturated rings. The Morgan fingerprint density at radius 2 is 1.81 bits per heavy atom. The molecule has 0 atom stereocenters. The van der Waals surface area contributed by atoms with Crippen molar-refractivity contribution in [2.75, 3.05) is 6.54 Å². The Morgan fingerprint density at radius 1 is 0.963 bits per heavy atom. The summed E-state index contributed by atoms with van der Waals surface area (Å²) < 4.78 is 20.1. The molecule has 0 amide bonds. The van der Waals surface area contributed by atoms with Gasteiger partial charge in [0.1, 0.15) is 18.2 Å². The Balaban J connectivity index is 1.82. The van der Waals surface area contributed by atoms with Crippen LogP contribution in [0.5, 0.6) is 5.75 Å². The maximum absolute atomic E-state index is 14.1. The summed E-state index contributed by atoms with van der Waals surface area (Å²) in [5, 5.41) is 6.21. The highest BCUT2D eigenvalue weighted by atomic mass is 35.5. The molecule has 3 aromatic carbocycles. The van der Waals surface area contributed by atoms with Gasteiger partial charge in [0.2, 0.25) is 0 Å². The van der Waals surface area contributed by atoms with Gasteiger partial charge in [-0.3, -0.25) is 0 Å². The van der Waals surface area contributed by atoms with E-state index in [1.165, 1.54) is 24.3 Å². The fourth-order valence-corrected chi connectivity index (χ4v) is 3.38. The number of benzene rings is 3. The van der Waals surface area contributed by atoms with E-state index in [0.29, 0.717) is 17.1 Å². The number of hydrogen-bond donors (Lipinski definition) is 1. The lowest BCUT2D eigenvalue weighted by Crippen LogP contribution is -2.16. The van der Waals surface area contributed by atoms with Crippen LogP contribution in [0.25, 0.3) is 10.8 Å². The van der Waals surface area contributed by atoms with Gasteiger partial charge in [-0.2, -0.15) is 0 Å². The number of fused-ring (bicyclic) bond motifs is 1. The SMILES string of the molecule is CCCCCNCc1c(OCc2c(F)cccc2Cl)ccc2ccccc12. The van der Waals surface area contributed by atoms with Crippen molar-refractivity contribution in [3.05, 3.63) is 76.6 Å². The van der Waals surface area contributed by atoms with Gasteiger partial charge < -0.3 is 10.1 Å². The van der Waals surface area contributed by atoms with Crippen LogP contribution in [0.2, 0.25) is 5.02 Å². The molecule has 0 saturated carbocycles. The van der Waals surface area contributed by atoms with E-state index >= 15 is 0 Å². The third-order valence-electron chi connectivity index (χ3n) is 4.69. The van der Waals surface area contributed by atoms with Crippen LogP contribution in [-0.2, 0) is 13.2 Å². The third-order valence-corrected chi connectivity index (χ3v) is 5.04. The quantitative estimate of drug-likeness (QED) is 0.425. The number of rotatable bonds is 9. The zero-order chi connectivity index (χ0) is 19.1. The van der Waals surface area contributed by atoms with Gasteiger partial charge in [0.15, 0.2) is 0 Å². The van der Waals surface area contributed by atoms with Crippen LogP contribution >= 0.6 is 11.6 Å². The van der Waals surface area contributed by atoms with Crippen LogP contribution in [0, 0.1) is 5.82 Å². The van der Waals surface area contributed by atoms with E-state index in [4.69, 9.17) is 16.3 Å². The van der Waals surface area contributed by atoms with Crippen LogP contribution in [0.1, 0.15) is 37.3 Å². The summed E-state index contributed by atoms with van der Waals surface area (Å²) in [4.78, 5) is 0. The van der Waals surface area contributed by atoms with E-state index in [-0.39, 0.29) is 12.4 Å². The molecule has 2 nitrogen and oxygen atoms in total. The van der Waals surface area contributed by atoms with Crippen molar-refractivity contribution in [1.29, 1.82) is 0 Å². The topological polar surface area (TPSA) is 21.3 Å². The van der Waals surface area contributed by atoms with Crippen molar-refractivity contribution in [1.82, 2.24) is 5.32 Å². The Morgan fingerprint density at radius 3 is 2.63 bits per heavy atom. The molecule has 0 saturated heterocycles. The van der Waals surface area contributed by atoms with Crippen LogP contribution in [0.15, 0.2) is 54.6 Å². The van der Waals surface area contributed by atoms with Gasteiger partial charge in [-0.1, -0.05) is 67.8 Å². The second kappa shape index (κ2) is 9.72. The Labute approximate surface area is 165 Å². The average Bonchev–Trinajstić information content (AvgIpc) is 2.68. The van der Waals surface area contributed by atoms with Crippen LogP contribution in [0.3, 0.4) is 0 Å². The number of halogens is 2. The number of nitrogens with one attached hydrogen (secondary N) is 1. The lowest BCUT2D eigenvalue weighted by atomic mass is 10.0. The molecule has 0 aliphatic carbocycles. The molecule has 3 rings (SSSR count). The van der Waals surface area contributed by atoms with Gasteiger partial charge in [-0.25, -0.2) is 4.39 Å². The molecular weight excluding hydrogens is 361 g/mol. The van der Waals surface area contributed by atoms with E-state index < -0.39 is 0 Å². The standard InChI is InChI=1S/C23H25ClFNO/c1-2-3-6-14-26-15-19-18-9-5-4-8-17(18)12-13-23(19)27-16-20-21(24)10-7-11-22(20)25/h4-5,7-13,26H,2-3,6,14-16H2,1H3. The summed E-state index contributed by atoms with van der Waals surface area (Å²) in [7, 11) is 0. The normalized spacial score (nSPS) is 11.1. The smallest absolute Gasteiger partial charge is 0.131 e. The molecule has 0 aromatic heterocycles. The summed E-state index contributed by atoms with van der Waals surface area (Å²) >= 11 is 6.13. The molecule has 27 heavy (non-hydrogen) atoms. The molecular formula is C23H25ClFNO. The molecule has 0 bridgehead atoms. The van der Waals surface area contributed by atoms with E-state index in [1.54, 1.807) is 12.1 Å². The first-order valence-corrected chi connectivity index (χ1v) is 9.85. The van der Waals surface area contributed by atoms with Crippen molar-refractivity contribution in [2.24, 2.45) is 0 Å². The minimum atomic E-state index is -0.345. The molecule has 1 N–H and O–H groups in total. The Kier molecular flexibility index (Phi) is 7.08. The lowest BCUT2D eigenvalue weighted by molar-refractivity contribution is 0.296. The maximum atomic E-state index is 14.1. The molecule has 3 aromatic rings. The largest absolute Gasteiger partial charge is 0.488 e. The van der Waals surface area contributed by atoms with Gasteiger partial charge in [0, 0.05) is 17.7 Å². The van der Waals surface area contributed by atoms with Gasteiger partial charge in [0.05, 0.1) is 5.02 Å². The highest BCUT2D eigenvalue weighted by molar-refractivity contribution is 6.31. The maximum Gasteiger partial charge on any atom is 0.131 e. The summed E-state index contributed by atoms with van der Waals surface area (Å²) in [6.45, 7) is 3.98. The molecule has 0 radical (unpaired) electrons. The average molecular weight is 386 g/mol. The molecule has 4 heteroatoms. The second-order valence-corrected chi connectivity index (χ2v) is 7.04. The summed E-state index contributed by atoms with van der Waals surface area (Å²) in [6.07, 6.45) is 3.58. The van der Waals surface area contributed by atoms with E-state index in [9.17, 15) is 4.39 Å². The van der Waals surface area contributed by atoms with Crippen molar-refractivity contribution >= 4 is 22.4 Å². The summed E-state index contributed by atoms with van der Waals surface area (Å²) in [5.41, 5.74) is 1.48. The third kappa shape index (κ3) is 5.00. The fraction of sp³-hybridized carbons (Fsp3) is 0.304. The number of ether oxygens (including phenoxy) is 1. The molecule has 0 aliphatic heterocycles. The predicted molar refractivity (Wildman–Crippen MR) is 111 cm³/mol. The molecule has 0 heterocycles. The van der Waals surface area contributed by atoms with Crippen molar-refractivity contribution in [3.63, 3.8) is 0 Å². The first-order chi connectivity index (χ1) is 13.2. The van der Waals surface area contributed by atoms with Crippen LogP contribution in [-0.4, -0.2) is 6.54 Å². The second-order valence-electron chi connectivity index (χ2n) is 6.64. The monoisotopic (exact) mass is 385 g/mol. The molecule has 0 unspecified atom stereocenters. The van der Waals surface area contributed by atoms with Crippen LogP contribution < -0.4 is 10.1 Å². The predicted octanol–water partition coefficient (Wildman–Crippen LogP) is 6.49. The van der Waals surface area contributed by atoms with Crippen LogP contribution in [0.4, 0.5) is 4.39 Å². The Hall–Kier alpha value is -2.10. The van der Waals surface area contributed by atoms with Gasteiger partial charge in [0.25, 0.3) is 0 Å². The minimum absolute atomic E-state index is 0.104. The first kappa shape index (κ1) is 19.7. The van der Waals surface area contributed by atoms with Crippen molar-refractivity contribution in [2.45, 2.75) is 39.3 Å². The molecule has 0 spiro atoms. The van der Waals surface area contributed by atoms with Gasteiger partial charge in [-0.05, 0) is 41.9 Å². The van der Waals surface area contributed by atoms with E-state index in [2.05, 4.69) is 24.4 Å². The van der Waals surface area contributed by atoms with E-state index in [1.807, 2.05) is 24.3 Å². The van der Waals surface area contributed by atoms with Gasteiger partial charge >= 0.3 is 0 Å². The minimum Gasteiger partial charge on any atom is -0.488 e. The highest BCUT2D eigenvalue weighted by Crippen LogP contribution is 2.30. The van der Waals surface area contributed by atoms with E-state index in [0.717, 1.165) is 29.7 Å². The first-order valence-electron chi connectivity index (χ1n) is 9.47. The Bertz CT molecular complexity index is 876. The number of hydrogen-bond acceptors (Lipinski definition) is 2. The number of unbranched alkanes of at least 4 members (excludes halogenated alkanes) is 2. The zero-order valence-electron chi connectivity index (χ0n) is 15.6. The zero-order valence-corrected chi connectivity index (χ0v) is 16.4. The van der Waals surface area contributed by atoms with Crippen molar-refractivity contribution in [3.8, 4) is 5.75 Å². The highest BCUT2D eigenvalue weighted by Gasteiger charge is 2.12. The lowest BCUT2D eigenvalue weighted by Gasteiger charge is -2.16. The van der Waals surface area contributed by atoms with Crippen molar-refractivity contribution < 1.29 is 9.13 Å². The van der Waals surface area contributed by atoms with Gasteiger partial charge in [-0.15, -0.1) is 0 Å².